The first-order chi connectivity index (χ1) is 7.90. The van der Waals surface area contributed by atoms with Crippen LogP contribution in [0.3, 0.4) is 0 Å². The first kappa shape index (κ1) is 13.8. The van der Waals surface area contributed by atoms with Crippen LogP contribution >= 0.6 is 11.6 Å². The number of rotatable bonds is 4. The van der Waals surface area contributed by atoms with E-state index in [1.54, 1.807) is 6.92 Å². The van der Waals surface area contributed by atoms with Gasteiger partial charge in [-0.2, -0.15) is 13.2 Å². The molecule has 0 aliphatic rings. The molecule has 1 aromatic carbocycles. The number of Topliss-reactive ketones (excluding diaryl/α,β-unsaturated/α-hetero) is 1. The second-order valence-electron chi connectivity index (χ2n) is 3.20. The Labute approximate surface area is 101 Å². The maximum atomic E-state index is 12.5. The number of hydrogen-bond acceptors (Lipinski definition) is 2. The minimum atomic E-state index is -4.49. The van der Waals surface area contributed by atoms with Crippen molar-refractivity contribution in [3.8, 4) is 5.75 Å². The van der Waals surface area contributed by atoms with Crippen LogP contribution in [0.5, 0.6) is 5.75 Å². The second-order valence-corrected chi connectivity index (χ2v) is 3.47. The van der Waals surface area contributed by atoms with Crippen LogP contribution in [0, 0.1) is 0 Å². The van der Waals surface area contributed by atoms with Crippen LogP contribution in [0.2, 0.25) is 0 Å². The molecule has 0 bridgehead atoms. The van der Waals surface area contributed by atoms with E-state index in [9.17, 15) is 18.0 Å². The molecule has 0 fully saturated rings. The van der Waals surface area contributed by atoms with Crippen molar-refractivity contribution in [2.24, 2.45) is 0 Å². The summed E-state index contributed by atoms with van der Waals surface area (Å²) in [6, 6.07) is 2.76. The summed E-state index contributed by atoms with van der Waals surface area (Å²) in [7, 11) is 0. The number of carbonyl (C=O) groups is 1. The van der Waals surface area contributed by atoms with Gasteiger partial charge in [0.25, 0.3) is 0 Å². The van der Waals surface area contributed by atoms with Crippen molar-refractivity contribution >= 4 is 17.4 Å². The van der Waals surface area contributed by atoms with Crippen LogP contribution in [0.4, 0.5) is 13.2 Å². The molecule has 17 heavy (non-hydrogen) atoms. The Bertz CT molecular complexity index is 416. The lowest BCUT2D eigenvalue weighted by Crippen LogP contribution is -2.10. The molecule has 0 atom stereocenters. The van der Waals surface area contributed by atoms with Gasteiger partial charge < -0.3 is 4.74 Å². The Morgan fingerprint density at radius 2 is 2.06 bits per heavy atom. The monoisotopic (exact) mass is 266 g/mol. The fraction of sp³-hybridized carbons (Fsp3) is 0.364. The van der Waals surface area contributed by atoms with Gasteiger partial charge in [-0.25, -0.2) is 0 Å². The predicted octanol–water partition coefficient (Wildman–Crippen LogP) is 3.53. The van der Waals surface area contributed by atoms with E-state index in [0.29, 0.717) is 0 Å². The van der Waals surface area contributed by atoms with Gasteiger partial charge in [-0.15, -0.1) is 11.6 Å². The Morgan fingerprint density at radius 1 is 1.41 bits per heavy atom. The molecule has 0 aliphatic carbocycles. The molecule has 2 nitrogen and oxygen atoms in total. The van der Waals surface area contributed by atoms with E-state index in [1.165, 1.54) is 0 Å². The van der Waals surface area contributed by atoms with Gasteiger partial charge >= 0.3 is 6.18 Å². The third-order valence-corrected chi connectivity index (χ3v) is 2.27. The molecule has 0 radical (unpaired) electrons. The van der Waals surface area contributed by atoms with Crippen LogP contribution < -0.4 is 4.74 Å². The van der Waals surface area contributed by atoms with Crippen LogP contribution in [0.15, 0.2) is 18.2 Å². The smallest absolute Gasteiger partial charge is 0.416 e. The van der Waals surface area contributed by atoms with Gasteiger partial charge in [-0.1, -0.05) is 0 Å². The molecule has 0 amide bonds. The molecular weight excluding hydrogens is 257 g/mol. The zero-order valence-corrected chi connectivity index (χ0v) is 9.73. The molecule has 0 N–H and O–H groups in total. The highest BCUT2D eigenvalue weighted by molar-refractivity contribution is 6.30. The van der Waals surface area contributed by atoms with Gasteiger partial charge in [-0.3, -0.25) is 4.79 Å². The van der Waals surface area contributed by atoms with Crippen molar-refractivity contribution in [2.75, 3.05) is 12.5 Å². The van der Waals surface area contributed by atoms with Gasteiger partial charge in [-0.05, 0) is 25.1 Å². The average Bonchev–Trinajstić information content (AvgIpc) is 2.27. The van der Waals surface area contributed by atoms with E-state index in [0.717, 1.165) is 18.2 Å². The van der Waals surface area contributed by atoms with Gasteiger partial charge in [0.15, 0.2) is 5.78 Å². The Morgan fingerprint density at radius 3 is 2.53 bits per heavy atom. The minimum Gasteiger partial charge on any atom is -0.493 e. The highest BCUT2D eigenvalue weighted by atomic mass is 35.5. The lowest BCUT2D eigenvalue weighted by Gasteiger charge is -2.12. The molecule has 0 spiro atoms. The highest BCUT2D eigenvalue weighted by Crippen LogP contribution is 2.32. The Hall–Kier alpha value is -1.23. The van der Waals surface area contributed by atoms with Crippen molar-refractivity contribution in [1.29, 1.82) is 0 Å². The van der Waals surface area contributed by atoms with Crippen molar-refractivity contribution in [3.05, 3.63) is 29.3 Å². The molecule has 1 aromatic rings. The zero-order valence-electron chi connectivity index (χ0n) is 8.97. The molecule has 1 rings (SSSR count). The van der Waals surface area contributed by atoms with Crippen molar-refractivity contribution in [1.82, 2.24) is 0 Å². The fourth-order valence-corrected chi connectivity index (χ4v) is 1.42. The number of alkyl halides is 4. The summed E-state index contributed by atoms with van der Waals surface area (Å²) in [5, 5.41) is 0. The number of benzene rings is 1. The summed E-state index contributed by atoms with van der Waals surface area (Å²) >= 11 is 5.34. The quantitative estimate of drug-likeness (QED) is 0.616. The fourth-order valence-electron chi connectivity index (χ4n) is 1.28. The standard InChI is InChI=1S/C11H10ClF3O2/c1-2-17-10-4-3-7(11(13,14)15)5-8(10)9(16)6-12/h3-5H,2,6H2,1H3. The number of ketones is 1. The van der Waals surface area contributed by atoms with E-state index in [1.807, 2.05) is 0 Å². The normalized spacial score (nSPS) is 11.4. The molecule has 0 aliphatic heterocycles. The Kier molecular flexibility index (Phi) is 4.40. The van der Waals surface area contributed by atoms with E-state index in [-0.39, 0.29) is 23.8 Å². The third kappa shape index (κ3) is 3.36. The summed E-state index contributed by atoms with van der Waals surface area (Å²) in [4.78, 5) is 11.4. The zero-order chi connectivity index (χ0) is 13.1. The predicted molar refractivity (Wildman–Crippen MR) is 57.7 cm³/mol. The summed E-state index contributed by atoms with van der Waals surface area (Å²) in [5.74, 6) is -0.867. The number of halogens is 4. The van der Waals surface area contributed by atoms with Crippen molar-refractivity contribution < 1.29 is 22.7 Å². The topological polar surface area (TPSA) is 26.3 Å². The first-order valence-electron chi connectivity index (χ1n) is 4.83. The lowest BCUT2D eigenvalue weighted by atomic mass is 10.1. The Balaban J connectivity index is 3.24. The molecular formula is C11H10ClF3O2. The van der Waals surface area contributed by atoms with Crippen molar-refractivity contribution in [3.63, 3.8) is 0 Å². The van der Waals surface area contributed by atoms with Gasteiger partial charge in [0.2, 0.25) is 0 Å². The van der Waals surface area contributed by atoms with Gasteiger partial charge in [0.05, 0.1) is 23.6 Å². The van der Waals surface area contributed by atoms with Gasteiger partial charge in [0.1, 0.15) is 5.75 Å². The van der Waals surface area contributed by atoms with Crippen molar-refractivity contribution in [2.45, 2.75) is 13.1 Å². The third-order valence-electron chi connectivity index (χ3n) is 2.03. The van der Waals surface area contributed by atoms with E-state index in [4.69, 9.17) is 16.3 Å². The van der Waals surface area contributed by atoms with Gasteiger partial charge in [0, 0.05) is 0 Å². The summed E-state index contributed by atoms with van der Waals surface area (Å²) in [5.41, 5.74) is -1.04. The summed E-state index contributed by atoms with van der Waals surface area (Å²) in [6.07, 6.45) is -4.49. The number of carbonyl (C=O) groups excluding carboxylic acids is 1. The second kappa shape index (κ2) is 5.40. The molecule has 0 aromatic heterocycles. The molecule has 6 heteroatoms. The SMILES string of the molecule is CCOc1ccc(C(F)(F)F)cc1C(=O)CCl. The van der Waals surface area contributed by atoms with Crippen LogP contribution in [-0.4, -0.2) is 18.3 Å². The molecule has 0 saturated heterocycles. The van der Waals surface area contributed by atoms with E-state index >= 15 is 0 Å². The first-order valence-corrected chi connectivity index (χ1v) is 5.36. The van der Waals surface area contributed by atoms with Crippen LogP contribution in [0.1, 0.15) is 22.8 Å². The number of ether oxygens (including phenoxy) is 1. The lowest BCUT2D eigenvalue weighted by molar-refractivity contribution is -0.137. The maximum Gasteiger partial charge on any atom is 0.416 e. The minimum absolute atomic E-state index is 0.117. The maximum absolute atomic E-state index is 12.5. The number of hydrogen-bond donors (Lipinski definition) is 0. The average molecular weight is 267 g/mol. The molecule has 94 valence electrons. The summed E-state index contributed by atoms with van der Waals surface area (Å²) in [6.45, 7) is 1.93. The van der Waals surface area contributed by atoms with E-state index in [2.05, 4.69) is 0 Å². The molecule has 0 unspecified atom stereocenters. The molecule has 0 saturated carbocycles. The highest BCUT2D eigenvalue weighted by Gasteiger charge is 2.31. The molecule has 0 heterocycles. The van der Waals surface area contributed by atoms with Crippen LogP contribution in [-0.2, 0) is 6.18 Å². The largest absolute Gasteiger partial charge is 0.493 e. The van der Waals surface area contributed by atoms with Crippen LogP contribution in [0.25, 0.3) is 0 Å². The van der Waals surface area contributed by atoms with E-state index < -0.39 is 17.5 Å². The summed E-state index contributed by atoms with van der Waals surface area (Å²) < 4.78 is 42.5.